The molecule has 1 N–H and O–H groups in total. The van der Waals surface area contributed by atoms with E-state index in [9.17, 15) is 18.0 Å². The molecule has 1 aromatic rings. The van der Waals surface area contributed by atoms with Crippen LogP contribution in [-0.4, -0.2) is 22.2 Å². The maximum absolute atomic E-state index is 13.0. The minimum atomic E-state index is -4.56. The minimum absolute atomic E-state index is 0.226. The quantitative estimate of drug-likeness (QED) is 0.197. The molecule has 8 heteroatoms. The molecule has 0 aliphatic heterocycles. The molecule has 1 heterocycles. The van der Waals surface area contributed by atoms with Gasteiger partial charge in [-0.25, -0.2) is 0 Å². The number of alkyl halides is 3. The molecule has 4 nitrogen and oxygen atoms in total. The lowest BCUT2D eigenvalue weighted by Crippen LogP contribution is -2.25. The summed E-state index contributed by atoms with van der Waals surface area (Å²) in [5.74, 6) is -0.580. The number of nitrogens with zero attached hydrogens (tertiary/aromatic N) is 2. The van der Waals surface area contributed by atoms with Crippen LogP contribution in [0.25, 0.3) is 0 Å². The Bertz CT molecular complexity index is 647. The first-order valence-electron chi connectivity index (χ1n) is 12.4. The van der Waals surface area contributed by atoms with Crippen molar-refractivity contribution in [2.24, 2.45) is 7.05 Å². The number of hydrogen-bond donors (Lipinski definition) is 1. The van der Waals surface area contributed by atoms with E-state index in [1.165, 1.54) is 90.5 Å². The third-order valence-electron chi connectivity index (χ3n) is 5.79. The zero-order valence-electron chi connectivity index (χ0n) is 19.8. The lowest BCUT2D eigenvalue weighted by molar-refractivity contribution is -0.144. The van der Waals surface area contributed by atoms with Crippen molar-refractivity contribution in [2.45, 2.75) is 116 Å². The summed E-state index contributed by atoms with van der Waals surface area (Å²) in [7, 11) is 1.18. The molecular weight excluding hydrogens is 483 g/mol. The summed E-state index contributed by atoms with van der Waals surface area (Å²) < 4.78 is 39.3. The van der Waals surface area contributed by atoms with Gasteiger partial charge >= 0.3 is 6.18 Å². The Balaban J connectivity index is 1.98. The molecule has 1 rings (SSSR count). The second kappa shape index (κ2) is 16.5. The van der Waals surface area contributed by atoms with Crippen LogP contribution in [0, 0.1) is 0 Å². The predicted octanol–water partition coefficient (Wildman–Crippen LogP) is 8.19. The Labute approximate surface area is 200 Å². The number of rotatable bonds is 18. The molecule has 1 amide bonds. The summed E-state index contributed by atoms with van der Waals surface area (Å²) in [6, 6.07) is 0. The van der Waals surface area contributed by atoms with Crippen LogP contribution in [0.4, 0.5) is 13.2 Å². The molecular formula is C24H41BrF3N3O. The molecule has 1 aromatic heterocycles. The van der Waals surface area contributed by atoms with Gasteiger partial charge in [0.2, 0.25) is 0 Å². The number of aryl methyl sites for hydroxylation is 1. The van der Waals surface area contributed by atoms with E-state index in [4.69, 9.17) is 0 Å². The lowest BCUT2D eigenvalue weighted by Gasteiger charge is -2.06. The Morgan fingerprint density at radius 3 is 1.62 bits per heavy atom. The topological polar surface area (TPSA) is 46.9 Å². The average molecular weight is 525 g/mol. The van der Waals surface area contributed by atoms with E-state index in [1.54, 1.807) is 0 Å². The maximum Gasteiger partial charge on any atom is 0.434 e. The van der Waals surface area contributed by atoms with Crippen molar-refractivity contribution in [1.82, 2.24) is 15.1 Å². The van der Waals surface area contributed by atoms with E-state index in [1.807, 2.05) is 0 Å². The number of carbonyl (C=O) groups excluding carboxylic acids is 1. The summed E-state index contributed by atoms with van der Waals surface area (Å²) in [4.78, 5) is 12.1. The summed E-state index contributed by atoms with van der Waals surface area (Å²) in [6.45, 7) is 2.70. The van der Waals surface area contributed by atoms with Gasteiger partial charge in [0.25, 0.3) is 5.91 Å². The lowest BCUT2D eigenvalue weighted by atomic mass is 10.0. The number of hydrogen-bond acceptors (Lipinski definition) is 2. The molecule has 0 radical (unpaired) electrons. The van der Waals surface area contributed by atoms with E-state index in [0.717, 1.165) is 19.3 Å². The van der Waals surface area contributed by atoms with Crippen LogP contribution in [0.5, 0.6) is 0 Å². The highest BCUT2D eigenvalue weighted by atomic mass is 79.9. The third kappa shape index (κ3) is 11.7. The number of halogens is 4. The molecule has 0 atom stereocenters. The van der Waals surface area contributed by atoms with Gasteiger partial charge in [-0.15, -0.1) is 0 Å². The van der Waals surface area contributed by atoms with Crippen molar-refractivity contribution >= 4 is 21.8 Å². The maximum atomic E-state index is 13.0. The summed E-state index contributed by atoms with van der Waals surface area (Å²) >= 11 is 2.87. The molecule has 0 unspecified atom stereocenters. The Kier molecular flexibility index (Phi) is 15.0. The average Bonchev–Trinajstić information content (AvgIpc) is 3.04. The van der Waals surface area contributed by atoms with Crippen LogP contribution in [-0.2, 0) is 13.2 Å². The second-order valence-electron chi connectivity index (χ2n) is 8.69. The van der Waals surface area contributed by atoms with Gasteiger partial charge in [0, 0.05) is 13.6 Å². The van der Waals surface area contributed by atoms with Gasteiger partial charge in [0.15, 0.2) is 11.4 Å². The zero-order chi connectivity index (χ0) is 23.8. The van der Waals surface area contributed by atoms with E-state index >= 15 is 0 Å². The first-order valence-corrected chi connectivity index (χ1v) is 13.2. The largest absolute Gasteiger partial charge is 0.434 e. The van der Waals surface area contributed by atoms with Crippen molar-refractivity contribution in [2.75, 3.05) is 6.54 Å². The Hall–Kier alpha value is -1.05. The fourth-order valence-electron chi connectivity index (χ4n) is 3.91. The monoisotopic (exact) mass is 523 g/mol. The van der Waals surface area contributed by atoms with Crippen molar-refractivity contribution in [3.63, 3.8) is 0 Å². The molecule has 32 heavy (non-hydrogen) atoms. The standard InChI is InChI=1S/C24H41BrF3N3O/c1-3-4-5-6-7-8-9-10-11-12-13-14-15-16-17-18-19-29-23(32)21-20(25)22(24(26,27)28)31(2)30-21/h3-19H2,1-2H3,(H,29,32). The van der Waals surface area contributed by atoms with Gasteiger partial charge in [-0.1, -0.05) is 103 Å². The van der Waals surface area contributed by atoms with E-state index in [0.29, 0.717) is 11.2 Å². The first kappa shape index (κ1) is 29.0. The van der Waals surface area contributed by atoms with E-state index < -0.39 is 17.8 Å². The molecule has 0 saturated heterocycles. The number of unbranched alkanes of at least 4 members (excludes halogenated alkanes) is 15. The van der Waals surface area contributed by atoms with E-state index in [-0.39, 0.29) is 10.2 Å². The van der Waals surface area contributed by atoms with Gasteiger partial charge in [-0.3, -0.25) is 9.48 Å². The fraction of sp³-hybridized carbons (Fsp3) is 0.833. The van der Waals surface area contributed by atoms with Crippen LogP contribution in [0.15, 0.2) is 4.47 Å². The highest BCUT2D eigenvalue weighted by molar-refractivity contribution is 9.10. The van der Waals surface area contributed by atoms with Gasteiger partial charge in [-0.2, -0.15) is 18.3 Å². The summed E-state index contributed by atoms with van der Waals surface area (Å²) in [5.41, 5.74) is -1.18. The Morgan fingerprint density at radius 1 is 0.844 bits per heavy atom. The molecule has 0 aromatic carbocycles. The highest BCUT2D eigenvalue weighted by Crippen LogP contribution is 2.36. The van der Waals surface area contributed by atoms with Crippen LogP contribution in [0.1, 0.15) is 126 Å². The van der Waals surface area contributed by atoms with Crippen LogP contribution in [0.2, 0.25) is 0 Å². The molecule has 0 bridgehead atoms. The predicted molar refractivity (Wildman–Crippen MR) is 128 cm³/mol. The van der Waals surface area contributed by atoms with Gasteiger partial charge in [0.05, 0.1) is 4.47 Å². The van der Waals surface area contributed by atoms with Gasteiger partial charge < -0.3 is 5.32 Å². The van der Waals surface area contributed by atoms with Crippen molar-refractivity contribution < 1.29 is 18.0 Å². The molecule has 0 saturated carbocycles. The van der Waals surface area contributed by atoms with Crippen LogP contribution in [0.3, 0.4) is 0 Å². The number of nitrogens with one attached hydrogen (secondary N) is 1. The van der Waals surface area contributed by atoms with E-state index in [2.05, 4.69) is 33.3 Å². The highest BCUT2D eigenvalue weighted by Gasteiger charge is 2.39. The summed E-state index contributed by atoms with van der Waals surface area (Å²) in [5, 5.41) is 6.38. The van der Waals surface area contributed by atoms with Gasteiger partial charge in [0.1, 0.15) is 0 Å². The molecule has 0 aliphatic carbocycles. The summed E-state index contributed by atoms with van der Waals surface area (Å²) in [6.07, 6.45) is 15.8. The minimum Gasteiger partial charge on any atom is -0.351 e. The SMILES string of the molecule is CCCCCCCCCCCCCCCCCCNC(=O)c1nn(C)c(C(F)(F)F)c1Br. The first-order chi connectivity index (χ1) is 15.3. The molecule has 0 fully saturated rings. The molecule has 0 aliphatic rings. The van der Waals surface area contributed by atoms with Crippen molar-refractivity contribution in [3.05, 3.63) is 15.9 Å². The normalized spacial score (nSPS) is 11.8. The smallest absolute Gasteiger partial charge is 0.351 e. The molecule has 0 spiro atoms. The molecule has 186 valence electrons. The zero-order valence-corrected chi connectivity index (χ0v) is 21.4. The van der Waals surface area contributed by atoms with Gasteiger partial charge in [-0.05, 0) is 22.4 Å². The number of aromatic nitrogens is 2. The number of carbonyl (C=O) groups is 1. The number of amides is 1. The second-order valence-corrected chi connectivity index (χ2v) is 9.48. The van der Waals surface area contributed by atoms with Crippen LogP contribution >= 0.6 is 15.9 Å². The van der Waals surface area contributed by atoms with Crippen LogP contribution < -0.4 is 5.32 Å². The van der Waals surface area contributed by atoms with Crippen molar-refractivity contribution in [3.8, 4) is 0 Å². The fourth-order valence-corrected chi connectivity index (χ4v) is 4.65. The van der Waals surface area contributed by atoms with Crippen molar-refractivity contribution in [1.29, 1.82) is 0 Å². The third-order valence-corrected chi connectivity index (χ3v) is 6.54. The Morgan fingerprint density at radius 2 is 1.25 bits per heavy atom.